The summed E-state index contributed by atoms with van der Waals surface area (Å²) in [6, 6.07) is 8.07. The van der Waals surface area contributed by atoms with E-state index in [0.29, 0.717) is 41.2 Å². The van der Waals surface area contributed by atoms with Crippen LogP contribution in [0.2, 0.25) is 0 Å². The molecule has 5 rings (SSSR count). The highest BCUT2D eigenvalue weighted by Crippen LogP contribution is 2.29. The first-order chi connectivity index (χ1) is 15.6. The number of ether oxygens (including phenoxy) is 1. The number of amides is 1. The third kappa shape index (κ3) is 3.89. The van der Waals surface area contributed by atoms with Gasteiger partial charge in [-0.2, -0.15) is 0 Å². The maximum absolute atomic E-state index is 14.9. The normalized spacial score (nSPS) is 20.2. The van der Waals surface area contributed by atoms with E-state index in [1.807, 2.05) is 0 Å². The van der Waals surface area contributed by atoms with Crippen molar-refractivity contribution in [3.05, 3.63) is 60.4 Å². The number of carbonyl (C=O) groups excluding carboxylic acids is 1. The fourth-order valence-corrected chi connectivity index (χ4v) is 3.67. The molecule has 164 valence electrons. The number of cyclic esters (lactones) is 1. The molecule has 2 unspecified atom stereocenters. The number of hydrogen-bond acceptors (Lipinski definition) is 8. The first-order valence-electron chi connectivity index (χ1n) is 10.0. The van der Waals surface area contributed by atoms with Gasteiger partial charge in [-0.05, 0) is 24.3 Å². The van der Waals surface area contributed by atoms with E-state index in [9.17, 15) is 9.18 Å². The number of benzene rings is 1. The maximum Gasteiger partial charge on any atom is 0.414 e. The molecule has 2 aliphatic heterocycles. The molecule has 11 heteroatoms. The largest absolute Gasteiger partial charge is 0.442 e. The van der Waals surface area contributed by atoms with Gasteiger partial charge in [-0.15, -0.1) is 5.10 Å². The van der Waals surface area contributed by atoms with Crippen molar-refractivity contribution in [1.82, 2.24) is 20.0 Å². The molecule has 0 saturated carbocycles. The molecule has 4 heterocycles. The van der Waals surface area contributed by atoms with Gasteiger partial charge < -0.3 is 14.7 Å². The van der Waals surface area contributed by atoms with Crippen LogP contribution in [-0.4, -0.2) is 62.2 Å². The van der Waals surface area contributed by atoms with Crippen LogP contribution in [0.15, 0.2) is 54.1 Å². The third-order valence-corrected chi connectivity index (χ3v) is 5.31. The van der Waals surface area contributed by atoms with E-state index in [-0.39, 0.29) is 19.3 Å². The number of aromatic nitrogens is 4. The number of anilines is 1. The predicted molar refractivity (Wildman–Crippen MR) is 110 cm³/mol. The average molecular weight is 438 g/mol. The summed E-state index contributed by atoms with van der Waals surface area (Å²) in [7, 11) is 0. The summed E-state index contributed by atoms with van der Waals surface area (Å²) < 4.78 is 21.9. The van der Waals surface area contributed by atoms with Crippen molar-refractivity contribution in [2.75, 3.05) is 18.1 Å². The van der Waals surface area contributed by atoms with Crippen LogP contribution in [0, 0.1) is 5.82 Å². The van der Waals surface area contributed by atoms with E-state index in [1.165, 1.54) is 11.0 Å². The summed E-state index contributed by atoms with van der Waals surface area (Å²) in [6.45, 7) is 0.539. The topological polar surface area (TPSA) is 115 Å². The summed E-state index contributed by atoms with van der Waals surface area (Å²) >= 11 is 0. The molecule has 1 N–H and O–H groups in total. The molecule has 2 atom stereocenters. The predicted octanol–water partition coefficient (Wildman–Crippen LogP) is 1.99. The molecule has 10 nitrogen and oxygen atoms in total. The molecule has 0 aliphatic carbocycles. The highest BCUT2D eigenvalue weighted by molar-refractivity contribution is 5.99. The lowest BCUT2D eigenvalue weighted by Gasteiger charge is -2.14. The molecular weight excluding hydrogens is 419 g/mol. The summed E-state index contributed by atoms with van der Waals surface area (Å²) in [4.78, 5) is 23.1. The SMILES string of the molecule is O=C1OC(Cn2ccnn2)CN1c1ccc(-c2ccc(C3=NOC(CO)C3)nc2)c(F)c1. The Bertz CT molecular complexity index is 1150. The second-order valence-corrected chi connectivity index (χ2v) is 7.49. The van der Waals surface area contributed by atoms with Gasteiger partial charge in [-0.3, -0.25) is 9.88 Å². The number of oxime groups is 1. The molecule has 2 aromatic heterocycles. The monoisotopic (exact) mass is 438 g/mol. The first kappa shape index (κ1) is 20.1. The maximum atomic E-state index is 14.9. The number of rotatable bonds is 6. The van der Waals surface area contributed by atoms with Crippen LogP contribution in [0.4, 0.5) is 14.9 Å². The number of nitrogens with zero attached hydrogens (tertiary/aromatic N) is 6. The molecule has 1 fully saturated rings. The summed E-state index contributed by atoms with van der Waals surface area (Å²) in [5.74, 6) is -0.480. The van der Waals surface area contributed by atoms with E-state index in [0.717, 1.165) is 0 Å². The van der Waals surface area contributed by atoms with Gasteiger partial charge in [0, 0.05) is 29.9 Å². The minimum absolute atomic E-state index is 0.117. The zero-order chi connectivity index (χ0) is 22.1. The Morgan fingerprint density at radius 1 is 1.22 bits per heavy atom. The quantitative estimate of drug-likeness (QED) is 0.626. The summed E-state index contributed by atoms with van der Waals surface area (Å²) in [5.41, 5.74) is 2.61. The van der Waals surface area contributed by atoms with Gasteiger partial charge in [0.05, 0.1) is 37.3 Å². The fourth-order valence-electron chi connectivity index (χ4n) is 3.67. The van der Waals surface area contributed by atoms with Crippen molar-refractivity contribution >= 4 is 17.5 Å². The number of carbonyl (C=O) groups is 1. The van der Waals surface area contributed by atoms with Crippen LogP contribution in [0.1, 0.15) is 12.1 Å². The first-order valence-corrected chi connectivity index (χ1v) is 10.0. The van der Waals surface area contributed by atoms with Crippen molar-refractivity contribution in [2.24, 2.45) is 5.16 Å². The van der Waals surface area contributed by atoms with E-state index in [2.05, 4.69) is 20.5 Å². The van der Waals surface area contributed by atoms with Crippen LogP contribution in [0.25, 0.3) is 11.1 Å². The number of aliphatic hydroxyl groups is 1. The van der Waals surface area contributed by atoms with Gasteiger partial charge in [0.15, 0.2) is 6.10 Å². The van der Waals surface area contributed by atoms with Crippen LogP contribution in [0.5, 0.6) is 0 Å². The third-order valence-electron chi connectivity index (χ3n) is 5.31. The van der Waals surface area contributed by atoms with Crippen LogP contribution in [0.3, 0.4) is 0 Å². The lowest BCUT2D eigenvalue weighted by molar-refractivity contribution is 0.0390. The Hall–Kier alpha value is -3.86. The number of hydrogen-bond donors (Lipinski definition) is 1. The summed E-state index contributed by atoms with van der Waals surface area (Å²) in [6.07, 6.45) is 3.96. The van der Waals surface area contributed by atoms with E-state index in [4.69, 9.17) is 14.7 Å². The van der Waals surface area contributed by atoms with Gasteiger partial charge in [0.2, 0.25) is 0 Å². The molecule has 1 amide bonds. The van der Waals surface area contributed by atoms with Crippen molar-refractivity contribution in [2.45, 2.75) is 25.2 Å². The van der Waals surface area contributed by atoms with E-state index >= 15 is 0 Å². The molecule has 3 aromatic rings. The number of aliphatic hydroxyl groups excluding tert-OH is 1. The Labute approximate surface area is 181 Å². The van der Waals surface area contributed by atoms with Gasteiger partial charge in [-0.25, -0.2) is 13.9 Å². The van der Waals surface area contributed by atoms with Crippen LogP contribution < -0.4 is 4.90 Å². The molecular formula is C21H19FN6O4. The zero-order valence-electron chi connectivity index (χ0n) is 16.8. The zero-order valence-corrected chi connectivity index (χ0v) is 16.8. The number of halogens is 1. The fraction of sp³-hybridized carbons (Fsp3) is 0.286. The minimum Gasteiger partial charge on any atom is -0.442 e. The van der Waals surface area contributed by atoms with Crippen LogP contribution >= 0.6 is 0 Å². The molecule has 1 aromatic carbocycles. The van der Waals surface area contributed by atoms with Gasteiger partial charge >= 0.3 is 6.09 Å². The molecule has 2 aliphatic rings. The Morgan fingerprint density at radius 3 is 2.81 bits per heavy atom. The highest BCUT2D eigenvalue weighted by Gasteiger charge is 2.33. The molecule has 0 radical (unpaired) electrons. The second-order valence-electron chi connectivity index (χ2n) is 7.49. The van der Waals surface area contributed by atoms with Crippen molar-refractivity contribution in [3.63, 3.8) is 0 Å². The lowest BCUT2D eigenvalue weighted by Crippen LogP contribution is -2.26. The summed E-state index contributed by atoms with van der Waals surface area (Å²) in [5, 5.41) is 20.7. The van der Waals surface area contributed by atoms with Crippen LogP contribution in [-0.2, 0) is 16.1 Å². The standard InChI is InChI=1S/C21H19FN6O4/c22-18-7-14(28-11-16(31-21(28)30)10-27-6-5-24-26-27)2-3-17(18)13-1-4-19(23-9-13)20-8-15(12-29)32-25-20/h1-7,9,15-16,29H,8,10-12H2. The minimum atomic E-state index is -0.533. The lowest BCUT2D eigenvalue weighted by atomic mass is 10.0. The van der Waals surface area contributed by atoms with Gasteiger partial charge in [0.1, 0.15) is 17.6 Å². The van der Waals surface area contributed by atoms with Gasteiger partial charge in [0.25, 0.3) is 0 Å². The smallest absolute Gasteiger partial charge is 0.414 e. The van der Waals surface area contributed by atoms with Crippen molar-refractivity contribution < 1.29 is 23.9 Å². The van der Waals surface area contributed by atoms with E-state index < -0.39 is 18.0 Å². The molecule has 1 saturated heterocycles. The molecule has 0 spiro atoms. The molecule has 0 bridgehead atoms. The highest BCUT2D eigenvalue weighted by atomic mass is 19.1. The van der Waals surface area contributed by atoms with Gasteiger partial charge in [-0.1, -0.05) is 16.4 Å². The van der Waals surface area contributed by atoms with Crippen molar-refractivity contribution in [3.8, 4) is 11.1 Å². The van der Waals surface area contributed by atoms with E-state index in [1.54, 1.807) is 47.5 Å². The second kappa shape index (κ2) is 8.35. The Morgan fingerprint density at radius 2 is 2.12 bits per heavy atom. The van der Waals surface area contributed by atoms with Crippen molar-refractivity contribution in [1.29, 1.82) is 0 Å². The molecule has 32 heavy (non-hydrogen) atoms. The Balaban J connectivity index is 1.30. The Kier molecular flexibility index (Phi) is 5.23. The average Bonchev–Trinajstić information content (AvgIpc) is 3.56. The number of pyridine rings is 1.